The second-order valence-corrected chi connectivity index (χ2v) is 5.55. The summed E-state index contributed by atoms with van der Waals surface area (Å²) >= 11 is 6.12. The molecule has 1 aromatic carbocycles. The lowest BCUT2D eigenvalue weighted by molar-refractivity contribution is -0.274. The zero-order valence-electron chi connectivity index (χ0n) is 11.1. The summed E-state index contributed by atoms with van der Waals surface area (Å²) in [6.45, 7) is 0.480. The molecule has 7 heteroatoms. The van der Waals surface area contributed by atoms with Crippen molar-refractivity contribution >= 4 is 17.5 Å². The van der Waals surface area contributed by atoms with Crippen LogP contribution >= 0.6 is 11.6 Å². The van der Waals surface area contributed by atoms with Crippen LogP contribution in [0.3, 0.4) is 0 Å². The van der Waals surface area contributed by atoms with Gasteiger partial charge in [0.25, 0.3) is 5.91 Å². The molecule has 1 amide bonds. The molecular weight excluding hydrogens is 307 g/mol. The summed E-state index contributed by atoms with van der Waals surface area (Å²) in [5, 5.41) is 2.83. The smallest absolute Gasteiger partial charge is 0.406 e. The minimum atomic E-state index is -4.73. The minimum Gasteiger partial charge on any atom is -0.406 e. The molecule has 21 heavy (non-hydrogen) atoms. The molecule has 1 aliphatic carbocycles. The number of halogens is 4. The Morgan fingerprint density at radius 3 is 2.48 bits per heavy atom. The first-order valence-corrected chi connectivity index (χ1v) is 7.07. The summed E-state index contributed by atoms with van der Waals surface area (Å²) in [6.07, 6.45) is -1.75. The highest BCUT2D eigenvalue weighted by molar-refractivity contribution is 6.21. The second kappa shape index (κ2) is 6.56. The summed E-state index contributed by atoms with van der Waals surface area (Å²) in [7, 11) is 0. The third kappa shape index (κ3) is 4.81. The van der Waals surface area contributed by atoms with Crippen molar-refractivity contribution in [3.05, 3.63) is 29.8 Å². The standard InChI is InChI=1S/C14H15ClF3NO2/c15-12-3-1-2-10(12)8-19-13(20)9-4-6-11(7-5-9)21-14(16,17)18/h4-7,10,12H,1-3,8H2,(H,19,20). The fourth-order valence-electron chi connectivity index (χ4n) is 2.36. The van der Waals surface area contributed by atoms with E-state index in [4.69, 9.17) is 11.6 Å². The number of carbonyl (C=O) groups is 1. The van der Waals surface area contributed by atoms with Crippen molar-refractivity contribution in [1.82, 2.24) is 5.32 Å². The highest BCUT2D eigenvalue weighted by atomic mass is 35.5. The maximum Gasteiger partial charge on any atom is 0.573 e. The summed E-state index contributed by atoms with van der Waals surface area (Å²) in [4.78, 5) is 11.9. The molecule has 0 saturated heterocycles. The number of rotatable bonds is 4. The molecule has 3 nitrogen and oxygen atoms in total. The molecule has 1 saturated carbocycles. The van der Waals surface area contributed by atoms with E-state index in [-0.39, 0.29) is 28.5 Å². The van der Waals surface area contributed by atoms with Crippen molar-refractivity contribution in [2.24, 2.45) is 5.92 Å². The van der Waals surface area contributed by atoms with Crippen LogP contribution in [0.25, 0.3) is 0 Å². The van der Waals surface area contributed by atoms with Crippen LogP contribution < -0.4 is 10.1 Å². The molecule has 0 bridgehead atoms. The van der Waals surface area contributed by atoms with Gasteiger partial charge in [-0.2, -0.15) is 0 Å². The van der Waals surface area contributed by atoms with Crippen LogP contribution in [0.15, 0.2) is 24.3 Å². The predicted molar refractivity (Wildman–Crippen MR) is 72.4 cm³/mol. The third-order valence-corrected chi connectivity index (χ3v) is 4.02. The van der Waals surface area contributed by atoms with E-state index in [9.17, 15) is 18.0 Å². The number of benzene rings is 1. The molecule has 0 spiro atoms. The lowest BCUT2D eigenvalue weighted by Crippen LogP contribution is -2.31. The summed E-state index contributed by atoms with van der Waals surface area (Å²) < 4.78 is 39.8. The molecule has 0 aliphatic heterocycles. The van der Waals surface area contributed by atoms with Gasteiger partial charge in [-0.3, -0.25) is 4.79 Å². The molecule has 1 aliphatic rings. The van der Waals surface area contributed by atoms with Gasteiger partial charge < -0.3 is 10.1 Å². The Morgan fingerprint density at radius 1 is 1.29 bits per heavy atom. The van der Waals surface area contributed by atoms with Crippen LogP contribution in [-0.4, -0.2) is 24.2 Å². The van der Waals surface area contributed by atoms with Crippen LogP contribution in [0.4, 0.5) is 13.2 Å². The Kier molecular flexibility index (Phi) is 4.98. The zero-order chi connectivity index (χ0) is 15.5. The van der Waals surface area contributed by atoms with Crippen LogP contribution in [0.2, 0.25) is 0 Å². The lowest BCUT2D eigenvalue weighted by Gasteiger charge is -2.14. The Morgan fingerprint density at radius 2 is 1.95 bits per heavy atom. The van der Waals surface area contributed by atoms with E-state index in [0.29, 0.717) is 6.54 Å². The predicted octanol–water partition coefficient (Wildman–Crippen LogP) is 3.72. The topological polar surface area (TPSA) is 38.3 Å². The van der Waals surface area contributed by atoms with Crippen molar-refractivity contribution in [1.29, 1.82) is 0 Å². The average molecular weight is 322 g/mol. The first-order chi connectivity index (χ1) is 9.85. The van der Waals surface area contributed by atoms with Crippen LogP contribution in [-0.2, 0) is 0 Å². The minimum absolute atomic E-state index is 0.0767. The second-order valence-electron chi connectivity index (χ2n) is 4.99. The summed E-state index contributed by atoms with van der Waals surface area (Å²) in [5.41, 5.74) is 0.286. The van der Waals surface area contributed by atoms with E-state index in [1.165, 1.54) is 12.1 Å². The molecule has 2 unspecified atom stereocenters. The molecule has 1 fully saturated rings. The van der Waals surface area contributed by atoms with Crippen LogP contribution in [0, 0.1) is 5.92 Å². The number of amides is 1. The van der Waals surface area contributed by atoms with Gasteiger partial charge >= 0.3 is 6.36 Å². The van der Waals surface area contributed by atoms with E-state index < -0.39 is 6.36 Å². The van der Waals surface area contributed by atoms with Crippen LogP contribution in [0.1, 0.15) is 29.6 Å². The normalized spacial score (nSPS) is 22.1. The zero-order valence-corrected chi connectivity index (χ0v) is 11.9. The molecule has 116 valence electrons. The van der Waals surface area contributed by atoms with Crippen molar-refractivity contribution in [2.45, 2.75) is 31.0 Å². The monoisotopic (exact) mass is 321 g/mol. The number of carbonyl (C=O) groups excluding carboxylic acids is 1. The average Bonchev–Trinajstić information content (AvgIpc) is 2.80. The van der Waals surface area contributed by atoms with Gasteiger partial charge in [0.05, 0.1) is 0 Å². The van der Waals surface area contributed by atoms with Gasteiger partial charge in [0.15, 0.2) is 0 Å². The Balaban J connectivity index is 1.87. The maximum atomic E-state index is 12.0. The lowest BCUT2D eigenvalue weighted by atomic mass is 10.1. The molecule has 0 aromatic heterocycles. The Labute approximate surface area is 125 Å². The van der Waals surface area contributed by atoms with E-state index in [1.54, 1.807) is 0 Å². The van der Waals surface area contributed by atoms with Gasteiger partial charge in [-0.15, -0.1) is 24.8 Å². The van der Waals surface area contributed by atoms with Gasteiger partial charge in [0, 0.05) is 17.5 Å². The van der Waals surface area contributed by atoms with E-state index in [0.717, 1.165) is 31.4 Å². The Bertz CT molecular complexity index is 490. The molecule has 2 atom stereocenters. The van der Waals surface area contributed by atoms with Crippen LogP contribution in [0.5, 0.6) is 5.75 Å². The van der Waals surface area contributed by atoms with Gasteiger partial charge in [0.2, 0.25) is 0 Å². The highest BCUT2D eigenvalue weighted by Crippen LogP contribution is 2.29. The molecule has 0 heterocycles. The SMILES string of the molecule is O=C(NCC1CCCC1Cl)c1ccc(OC(F)(F)F)cc1. The first kappa shape index (κ1) is 15.9. The fourth-order valence-corrected chi connectivity index (χ4v) is 2.72. The van der Waals surface area contributed by atoms with Gasteiger partial charge in [-0.05, 0) is 43.0 Å². The molecule has 1 N–H and O–H groups in total. The molecular formula is C14H15ClF3NO2. The molecule has 2 rings (SSSR count). The Hall–Kier alpha value is -1.43. The molecule has 0 radical (unpaired) electrons. The van der Waals surface area contributed by atoms with Crippen molar-refractivity contribution < 1.29 is 22.7 Å². The highest BCUT2D eigenvalue weighted by Gasteiger charge is 2.31. The van der Waals surface area contributed by atoms with E-state index in [1.807, 2.05) is 0 Å². The van der Waals surface area contributed by atoms with Crippen molar-refractivity contribution in [3.8, 4) is 5.75 Å². The number of alkyl halides is 4. The molecule has 1 aromatic rings. The first-order valence-electron chi connectivity index (χ1n) is 6.63. The number of nitrogens with one attached hydrogen (secondary N) is 1. The number of ether oxygens (including phenoxy) is 1. The van der Waals surface area contributed by atoms with Gasteiger partial charge in [-0.25, -0.2) is 0 Å². The number of hydrogen-bond donors (Lipinski definition) is 1. The summed E-state index contributed by atoms with van der Waals surface area (Å²) in [6, 6.07) is 4.82. The van der Waals surface area contributed by atoms with E-state index >= 15 is 0 Å². The quantitative estimate of drug-likeness (QED) is 0.858. The van der Waals surface area contributed by atoms with Crippen molar-refractivity contribution in [3.63, 3.8) is 0 Å². The third-order valence-electron chi connectivity index (χ3n) is 3.44. The van der Waals surface area contributed by atoms with Gasteiger partial charge in [0.1, 0.15) is 5.75 Å². The maximum absolute atomic E-state index is 12.0. The van der Waals surface area contributed by atoms with Gasteiger partial charge in [-0.1, -0.05) is 6.42 Å². The fraction of sp³-hybridized carbons (Fsp3) is 0.500. The number of hydrogen-bond acceptors (Lipinski definition) is 2. The van der Waals surface area contributed by atoms with E-state index in [2.05, 4.69) is 10.1 Å². The largest absolute Gasteiger partial charge is 0.573 e. The van der Waals surface area contributed by atoms with Crippen molar-refractivity contribution in [2.75, 3.05) is 6.54 Å². The summed E-state index contributed by atoms with van der Waals surface area (Å²) in [5.74, 6) is -0.427.